The molecule has 1 aromatic heterocycles. The van der Waals surface area contributed by atoms with Gasteiger partial charge in [0.2, 0.25) is 0 Å². The lowest BCUT2D eigenvalue weighted by molar-refractivity contribution is 0.0599. The zero-order valence-corrected chi connectivity index (χ0v) is 14.4. The molecule has 1 heterocycles. The molecular formula is C17H27N3O3. The molecule has 0 atom stereocenters. The van der Waals surface area contributed by atoms with E-state index in [9.17, 15) is 4.79 Å². The summed E-state index contributed by atoms with van der Waals surface area (Å²) < 4.78 is 10.3. The van der Waals surface area contributed by atoms with Crippen LogP contribution < -0.4 is 10.6 Å². The summed E-state index contributed by atoms with van der Waals surface area (Å²) in [6, 6.07) is 2.19. The maximum absolute atomic E-state index is 11.6. The Labute approximate surface area is 137 Å². The van der Waals surface area contributed by atoms with Crippen LogP contribution in [0.15, 0.2) is 15.5 Å². The van der Waals surface area contributed by atoms with Gasteiger partial charge in [0.15, 0.2) is 5.96 Å². The Bertz CT molecular complexity index is 557. The third-order valence-electron chi connectivity index (χ3n) is 4.38. The highest BCUT2D eigenvalue weighted by atomic mass is 16.5. The average molecular weight is 321 g/mol. The summed E-state index contributed by atoms with van der Waals surface area (Å²) in [4.78, 5) is 15.9. The molecule has 0 amide bonds. The number of nitrogens with zero attached hydrogens (tertiary/aromatic N) is 1. The summed E-state index contributed by atoms with van der Waals surface area (Å²) >= 11 is 0. The molecule has 1 fully saturated rings. The molecule has 1 aliphatic carbocycles. The summed E-state index contributed by atoms with van der Waals surface area (Å²) in [5.74, 6) is 2.46. The van der Waals surface area contributed by atoms with Gasteiger partial charge in [0, 0.05) is 13.1 Å². The number of carbonyl (C=O) groups is 1. The van der Waals surface area contributed by atoms with Crippen molar-refractivity contribution >= 4 is 11.9 Å². The van der Waals surface area contributed by atoms with Crippen molar-refractivity contribution in [2.24, 2.45) is 10.9 Å². The molecule has 0 spiro atoms. The first-order chi connectivity index (χ1) is 11.0. The molecule has 0 unspecified atom stereocenters. The van der Waals surface area contributed by atoms with Crippen LogP contribution in [0.4, 0.5) is 0 Å². The summed E-state index contributed by atoms with van der Waals surface area (Å²) in [5, 5.41) is 6.69. The van der Waals surface area contributed by atoms with Crippen LogP contribution in [0.5, 0.6) is 0 Å². The highest BCUT2D eigenvalue weighted by molar-refractivity contribution is 5.90. The van der Waals surface area contributed by atoms with E-state index in [-0.39, 0.29) is 5.97 Å². The molecule has 1 aromatic rings. The number of rotatable bonds is 4. The number of aliphatic imine (C=N–C) groups is 1. The Morgan fingerprint density at radius 2 is 2.09 bits per heavy atom. The number of hydrogen-bond donors (Lipinski definition) is 2. The molecule has 6 nitrogen and oxygen atoms in total. The predicted octanol–water partition coefficient (Wildman–Crippen LogP) is 2.62. The first-order valence-corrected chi connectivity index (χ1v) is 8.18. The van der Waals surface area contributed by atoms with Crippen LogP contribution in [0.25, 0.3) is 0 Å². The Hall–Kier alpha value is -1.98. The van der Waals surface area contributed by atoms with Gasteiger partial charge in [0.1, 0.15) is 17.1 Å². The highest BCUT2D eigenvalue weighted by Crippen LogP contribution is 2.23. The minimum Gasteiger partial charge on any atom is -0.465 e. The summed E-state index contributed by atoms with van der Waals surface area (Å²) in [6.07, 6.45) is 4.87. The molecule has 2 rings (SSSR count). The molecule has 1 aliphatic rings. The van der Waals surface area contributed by atoms with Gasteiger partial charge in [-0.3, -0.25) is 4.99 Å². The fraction of sp³-hybridized carbons (Fsp3) is 0.647. The Morgan fingerprint density at radius 3 is 2.70 bits per heavy atom. The fourth-order valence-corrected chi connectivity index (χ4v) is 2.91. The normalized spacial score (nSPS) is 21.8. The van der Waals surface area contributed by atoms with Gasteiger partial charge in [-0.2, -0.15) is 0 Å². The molecule has 0 radical (unpaired) electrons. The molecule has 1 saturated carbocycles. The van der Waals surface area contributed by atoms with Crippen molar-refractivity contribution in [1.82, 2.24) is 10.6 Å². The largest absolute Gasteiger partial charge is 0.465 e. The lowest BCUT2D eigenvalue weighted by Crippen LogP contribution is -2.44. The number of esters is 1. The average Bonchev–Trinajstić information content (AvgIpc) is 2.93. The number of nitrogens with one attached hydrogen (secondary N) is 2. The number of hydrogen-bond acceptors (Lipinski definition) is 4. The number of aryl methyl sites for hydroxylation is 1. The van der Waals surface area contributed by atoms with Gasteiger partial charge >= 0.3 is 5.97 Å². The second-order valence-electron chi connectivity index (χ2n) is 6.20. The fourth-order valence-electron chi connectivity index (χ4n) is 2.91. The molecule has 0 saturated heterocycles. The predicted molar refractivity (Wildman–Crippen MR) is 89.5 cm³/mol. The van der Waals surface area contributed by atoms with Gasteiger partial charge in [-0.25, -0.2) is 4.79 Å². The molecule has 0 bridgehead atoms. The molecule has 2 N–H and O–H groups in total. The quantitative estimate of drug-likeness (QED) is 0.506. The standard InChI is InChI=1S/C17H27N3O3/c1-11-5-7-13(8-6-11)20-17(18-3)19-10-14-9-15(12(2)23-14)16(21)22-4/h9,11,13H,5-8,10H2,1-4H3,(H2,18,19,20). The molecular weight excluding hydrogens is 294 g/mol. The zero-order chi connectivity index (χ0) is 16.8. The number of carbonyl (C=O) groups excluding carboxylic acids is 1. The Morgan fingerprint density at radius 1 is 1.39 bits per heavy atom. The molecule has 0 aliphatic heterocycles. The number of furan rings is 1. The van der Waals surface area contributed by atoms with Crippen LogP contribution in [-0.2, 0) is 11.3 Å². The highest BCUT2D eigenvalue weighted by Gasteiger charge is 2.19. The van der Waals surface area contributed by atoms with Gasteiger partial charge in [-0.1, -0.05) is 6.92 Å². The van der Waals surface area contributed by atoms with E-state index in [1.165, 1.54) is 32.8 Å². The smallest absolute Gasteiger partial charge is 0.341 e. The third-order valence-corrected chi connectivity index (χ3v) is 4.38. The van der Waals surface area contributed by atoms with E-state index in [1.807, 2.05) is 0 Å². The van der Waals surface area contributed by atoms with Gasteiger partial charge in [-0.15, -0.1) is 0 Å². The van der Waals surface area contributed by atoms with Crippen LogP contribution in [0, 0.1) is 12.8 Å². The van der Waals surface area contributed by atoms with E-state index in [0.717, 1.165) is 11.9 Å². The minimum absolute atomic E-state index is 0.378. The van der Waals surface area contributed by atoms with Crippen molar-refractivity contribution < 1.29 is 13.9 Å². The molecule has 0 aromatic carbocycles. The van der Waals surface area contributed by atoms with Gasteiger partial charge in [0.05, 0.1) is 13.7 Å². The van der Waals surface area contributed by atoms with Gasteiger partial charge in [0.25, 0.3) is 0 Å². The lowest BCUT2D eigenvalue weighted by Gasteiger charge is -2.28. The topological polar surface area (TPSA) is 75.9 Å². The monoisotopic (exact) mass is 321 g/mol. The Kier molecular flexibility index (Phi) is 6.07. The van der Waals surface area contributed by atoms with Gasteiger partial charge in [-0.05, 0) is 44.6 Å². The first kappa shape index (κ1) is 17.4. The van der Waals surface area contributed by atoms with Crippen molar-refractivity contribution in [2.45, 2.75) is 52.1 Å². The second kappa shape index (κ2) is 8.04. The summed E-state index contributed by atoms with van der Waals surface area (Å²) in [6.45, 7) is 4.54. The maximum Gasteiger partial charge on any atom is 0.341 e. The SMILES string of the molecule is CN=C(NCc1cc(C(=O)OC)c(C)o1)NC1CCC(C)CC1. The van der Waals surface area contributed by atoms with Crippen molar-refractivity contribution in [1.29, 1.82) is 0 Å². The van der Waals surface area contributed by atoms with E-state index in [0.29, 0.717) is 29.7 Å². The third kappa shape index (κ3) is 4.74. The first-order valence-electron chi connectivity index (χ1n) is 8.18. The second-order valence-corrected chi connectivity index (χ2v) is 6.20. The van der Waals surface area contributed by atoms with Crippen LogP contribution in [0.1, 0.15) is 54.5 Å². The molecule has 128 valence electrons. The Balaban J connectivity index is 1.87. The van der Waals surface area contributed by atoms with Crippen LogP contribution >= 0.6 is 0 Å². The van der Waals surface area contributed by atoms with Crippen molar-refractivity contribution in [3.05, 3.63) is 23.2 Å². The van der Waals surface area contributed by atoms with E-state index in [2.05, 4.69) is 22.5 Å². The van der Waals surface area contributed by atoms with Crippen LogP contribution in [-0.4, -0.2) is 32.1 Å². The lowest BCUT2D eigenvalue weighted by atomic mass is 9.87. The molecule has 23 heavy (non-hydrogen) atoms. The summed E-state index contributed by atoms with van der Waals surface area (Å²) in [5.41, 5.74) is 0.466. The van der Waals surface area contributed by atoms with Crippen molar-refractivity contribution in [3.8, 4) is 0 Å². The van der Waals surface area contributed by atoms with E-state index in [4.69, 9.17) is 9.15 Å². The number of methoxy groups -OCH3 is 1. The number of guanidine groups is 1. The van der Waals surface area contributed by atoms with Gasteiger partial charge < -0.3 is 19.8 Å². The van der Waals surface area contributed by atoms with Crippen molar-refractivity contribution in [2.75, 3.05) is 14.2 Å². The minimum atomic E-state index is -0.378. The van der Waals surface area contributed by atoms with Crippen LogP contribution in [0.3, 0.4) is 0 Å². The van der Waals surface area contributed by atoms with E-state index >= 15 is 0 Å². The zero-order valence-electron chi connectivity index (χ0n) is 14.4. The van der Waals surface area contributed by atoms with E-state index < -0.39 is 0 Å². The van der Waals surface area contributed by atoms with E-state index in [1.54, 1.807) is 20.0 Å². The van der Waals surface area contributed by atoms with Crippen LogP contribution in [0.2, 0.25) is 0 Å². The van der Waals surface area contributed by atoms with Crippen molar-refractivity contribution in [3.63, 3.8) is 0 Å². The molecule has 6 heteroatoms. The number of ether oxygens (including phenoxy) is 1. The summed E-state index contributed by atoms with van der Waals surface area (Å²) in [7, 11) is 3.12. The maximum atomic E-state index is 11.6.